The lowest BCUT2D eigenvalue weighted by molar-refractivity contribution is -0.137. The fraction of sp³-hybridized carbons (Fsp3) is 0.389. The van der Waals surface area contributed by atoms with Crippen molar-refractivity contribution in [3.05, 3.63) is 40.9 Å². The van der Waals surface area contributed by atoms with Crippen LogP contribution in [0.3, 0.4) is 0 Å². The normalized spacial score (nSPS) is 21.7. The first-order valence-electron chi connectivity index (χ1n) is 8.55. The van der Waals surface area contributed by atoms with E-state index in [0.717, 1.165) is 11.4 Å². The minimum Gasteiger partial charge on any atom is -0.462 e. The maximum Gasteiger partial charge on any atom is 0.365 e. The molecule has 2 heterocycles. The average molecular weight is 408 g/mol. The highest BCUT2D eigenvalue weighted by molar-refractivity contribution is 8.28. The summed E-state index contributed by atoms with van der Waals surface area (Å²) in [5, 5.41) is 6.54. The molecule has 7 nitrogen and oxygen atoms in total. The minimum absolute atomic E-state index is 0.248. The Balaban J connectivity index is 2.00. The van der Waals surface area contributed by atoms with Crippen molar-refractivity contribution in [1.82, 2.24) is 4.90 Å². The van der Waals surface area contributed by atoms with Crippen molar-refractivity contribution in [2.24, 2.45) is 5.10 Å². The molecule has 0 aromatic heterocycles. The summed E-state index contributed by atoms with van der Waals surface area (Å²) >= 11 is 2.59. The van der Waals surface area contributed by atoms with Crippen LogP contribution >= 0.6 is 23.5 Å². The molecule has 0 unspecified atom stereocenters. The van der Waals surface area contributed by atoms with Crippen LogP contribution in [0.25, 0.3) is 0 Å². The first-order valence-corrected chi connectivity index (χ1v) is 10.2. The molecule has 1 aromatic rings. The third kappa shape index (κ3) is 3.41. The van der Waals surface area contributed by atoms with Gasteiger partial charge in [0.15, 0.2) is 0 Å². The van der Waals surface area contributed by atoms with E-state index < -0.39 is 10.3 Å². The largest absolute Gasteiger partial charge is 0.462 e. The molecule has 144 valence electrons. The summed E-state index contributed by atoms with van der Waals surface area (Å²) in [6.45, 7) is 5.96. The van der Waals surface area contributed by atoms with Gasteiger partial charge in [-0.3, -0.25) is 0 Å². The Labute approximate surface area is 166 Å². The van der Waals surface area contributed by atoms with E-state index in [1.807, 2.05) is 49.2 Å². The Morgan fingerprint density at radius 2 is 1.70 bits per heavy atom. The highest BCUT2D eigenvalue weighted by Gasteiger charge is 2.56. The van der Waals surface area contributed by atoms with Gasteiger partial charge in [-0.15, -0.1) is 0 Å². The van der Waals surface area contributed by atoms with Gasteiger partial charge in [-0.05, 0) is 44.7 Å². The number of hydrazone groups is 1. The lowest BCUT2D eigenvalue weighted by atomic mass is 10.3. The molecule has 2 aliphatic heterocycles. The van der Waals surface area contributed by atoms with Gasteiger partial charge in [0.1, 0.15) is 4.91 Å². The first kappa shape index (κ1) is 19.6. The number of hydrogen-bond donors (Lipinski definition) is 0. The lowest BCUT2D eigenvalue weighted by Gasteiger charge is -2.39. The summed E-state index contributed by atoms with van der Waals surface area (Å²) in [7, 11) is 1.88. The van der Waals surface area contributed by atoms with Crippen molar-refractivity contribution in [2.45, 2.75) is 25.1 Å². The highest BCUT2D eigenvalue weighted by Crippen LogP contribution is 2.58. The summed E-state index contributed by atoms with van der Waals surface area (Å²) in [5.74, 6) is -0.849. The Hall–Kier alpha value is -2.13. The Morgan fingerprint density at radius 3 is 2.33 bits per heavy atom. The quantitative estimate of drug-likeness (QED) is 0.689. The Kier molecular flexibility index (Phi) is 5.71. The monoisotopic (exact) mass is 407 g/mol. The van der Waals surface area contributed by atoms with Crippen molar-refractivity contribution >= 4 is 46.2 Å². The zero-order valence-corrected chi connectivity index (χ0v) is 17.2. The molecule has 0 amide bonds. The molecule has 1 atom stereocenters. The number of rotatable bonds is 5. The van der Waals surface area contributed by atoms with Crippen LogP contribution in [0.2, 0.25) is 0 Å². The Morgan fingerprint density at radius 1 is 1.07 bits per heavy atom. The van der Waals surface area contributed by atoms with E-state index in [4.69, 9.17) is 9.47 Å². The van der Waals surface area contributed by atoms with Crippen LogP contribution in [-0.4, -0.2) is 46.5 Å². The van der Waals surface area contributed by atoms with Crippen LogP contribution in [0.15, 0.2) is 46.0 Å². The maximum absolute atomic E-state index is 12.4. The van der Waals surface area contributed by atoms with Crippen LogP contribution in [0.1, 0.15) is 20.8 Å². The van der Waals surface area contributed by atoms with E-state index in [9.17, 15) is 9.59 Å². The van der Waals surface area contributed by atoms with E-state index in [-0.39, 0.29) is 17.6 Å². The third-order valence-corrected chi connectivity index (χ3v) is 7.12. The average Bonchev–Trinajstić information content (AvgIpc) is 3.17. The molecule has 0 radical (unpaired) electrons. The molecule has 3 rings (SSSR count). The molecule has 0 saturated carbocycles. The molecule has 2 aliphatic rings. The van der Waals surface area contributed by atoms with Crippen LogP contribution < -0.4 is 5.01 Å². The van der Waals surface area contributed by atoms with Gasteiger partial charge in [0, 0.05) is 12.7 Å². The van der Waals surface area contributed by atoms with E-state index in [1.54, 1.807) is 18.9 Å². The van der Waals surface area contributed by atoms with Gasteiger partial charge in [0.2, 0.25) is 9.37 Å². The Bertz CT molecular complexity index is 812. The molecule has 0 aliphatic carbocycles. The van der Waals surface area contributed by atoms with Crippen LogP contribution in [-0.2, 0) is 19.1 Å². The summed E-state index contributed by atoms with van der Waals surface area (Å²) in [5.41, 5.74) is 1.58. The maximum atomic E-state index is 12.4. The molecule has 0 N–H and O–H groups in total. The van der Waals surface area contributed by atoms with Gasteiger partial charge in [-0.25, -0.2) is 14.6 Å². The summed E-state index contributed by atoms with van der Waals surface area (Å²) in [4.78, 5) is 27.2. The number of benzene rings is 1. The zero-order chi connectivity index (χ0) is 19.6. The number of nitrogens with zero attached hydrogens (tertiary/aromatic N) is 3. The highest BCUT2D eigenvalue weighted by atomic mass is 32.2. The van der Waals surface area contributed by atoms with E-state index >= 15 is 0 Å². The van der Waals surface area contributed by atoms with Gasteiger partial charge in [0.25, 0.3) is 0 Å². The number of anilines is 1. The van der Waals surface area contributed by atoms with Crippen LogP contribution in [0.4, 0.5) is 5.69 Å². The number of allylic oxidation sites excluding steroid dienone is 1. The number of thioether (sulfide) groups is 2. The van der Waals surface area contributed by atoms with Crippen molar-refractivity contribution in [3.63, 3.8) is 0 Å². The second kappa shape index (κ2) is 7.85. The fourth-order valence-corrected chi connectivity index (χ4v) is 5.59. The van der Waals surface area contributed by atoms with Gasteiger partial charge in [-0.1, -0.05) is 30.0 Å². The van der Waals surface area contributed by atoms with Crippen molar-refractivity contribution < 1.29 is 19.1 Å². The predicted octanol–water partition coefficient (Wildman–Crippen LogP) is 3.20. The minimum atomic E-state index is -0.838. The molecular formula is C18H21N3O4S2. The zero-order valence-electron chi connectivity index (χ0n) is 15.6. The summed E-state index contributed by atoms with van der Waals surface area (Å²) in [6.07, 6.45) is 0. The molecule has 0 fully saturated rings. The first-order chi connectivity index (χ1) is 12.9. The van der Waals surface area contributed by atoms with Gasteiger partial charge < -0.3 is 14.4 Å². The number of carbonyl (C=O) groups is 2. The van der Waals surface area contributed by atoms with Gasteiger partial charge >= 0.3 is 11.9 Å². The standard InChI is InChI=1S/C18H21N3O4S2/c1-5-24-16(22)14-12(3)20(4)18(26-14)21(13-10-8-7-9-11-13)19-15(27-18)17(23)25-6-2/h7-11H,5-6H2,1-4H3/t18-/m0/s1. The molecular weight excluding hydrogens is 386 g/mol. The van der Waals surface area contributed by atoms with Crippen molar-refractivity contribution in [3.8, 4) is 0 Å². The van der Waals surface area contributed by atoms with E-state index in [1.165, 1.54) is 23.5 Å². The fourth-order valence-electron chi connectivity index (χ4n) is 2.71. The number of carbonyl (C=O) groups excluding carboxylic acids is 2. The smallest absolute Gasteiger partial charge is 0.365 e. The molecule has 27 heavy (non-hydrogen) atoms. The third-order valence-electron chi connectivity index (χ3n) is 4.09. The summed E-state index contributed by atoms with van der Waals surface area (Å²) in [6, 6.07) is 9.53. The van der Waals surface area contributed by atoms with Crippen molar-refractivity contribution in [2.75, 3.05) is 25.3 Å². The molecule has 1 spiro atoms. The second-order valence-corrected chi connectivity index (χ2v) is 8.32. The summed E-state index contributed by atoms with van der Waals surface area (Å²) < 4.78 is 9.50. The topological polar surface area (TPSA) is 71.4 Å². The van der Waals surface area contributed by atoms with E-state index in [0.29, 0.717) is 11.5 Å². The van der Waals surface area contributed by atoms with Crippen LogP contribution in [0.5, 0.6) is 0 Å². The molecule has 9 heteroatoms. The predicted molar refractivity (Wildman–Crippen MR) is 108 cm³/mol. The number of hydrogen-bond acceptors (Lipinski definition) is 9. The number of esters is 2. The second-order valence-electron chi connectivity index (χ2n) is 5.72. The van der Waals surface area contributed by atoms with Gasteiger partial charge in [-0.2, -0.15) is 5.10 Å². The molecule has 1 aromatic carbocycles. The van der Waals surface area contributed by atoms with E-state index in [2.05, 4.69) is 5.10 Å². The lowest BCUT2D eigenvalue weighted by Crippen LogP contribution is -2.47. The van der Waals surface area contributed by atoms with Crippen LogP contribution in [0, 0.1) is 0 Å². The van der Waals surface area contributed by atoms with Crippen molar-refractivity contribution in [1.29, 1.82) is 0 Å². The van der Waals surface area contributed by atoms with Gasteiger partial charge in [0.05, 0.1) is 18.9 Å². The molecule has 0 bridgehead atoms. The molecule has 0 saturated heterocycles. The SMILES string of the molecule is CCOC(=O)C1=NN(c2ccccc2)[C@]2(S1)SC(C(=O)OCC)=C(C)N2C. The number of ether oxygens (including phenoxy) is 2. The number of para-hydroxylation sites is 1.